The van der Waals surface area contributed by atoms with E-state index in [9.17, 15) is 0 Å². The molecule has 0 fully saturated rings. The summed E-state index contributed by atoms with van der Waals surface area (Å²) in [5.41, 5.74) is 0. The molecular weight excluding hydrogens is 662 g/mol. The molecule has 0 nitrogen and oxygen atoms in total. The normalized spacial score (nSPS) is 0. The van der Waals surface area contributed by atoms with E-state index in [0.29, 0.717) is 0 Å². The molecule has 0 saturated heterocycles. The Morgan fingerprint density at radius 3 is 0.500 bits per heavy atom. The topological polar surface area (TPSA) is 0 Å². The van der Waals surface area contributed by atoms with Crippen LogP contribution in [0.4, 0.5) is 0 Å². The summed E-state index contributed by atoms with van der Waals surface area (Å²) >= 11 is 0. The molecule has 0 amide bonds. The number of rotatable bonds is 0. The molecule has 4 heteroatoms. The summed E-state index contributed by atoms with van der Waals surface area (Å²) < 4.78 is 0. The summed E-state index contributed by atoms with van der Waals surface area (Å²) in [5, 5.41) is 0. The van der Waals surface area contributed by atoms with Crippen LogP contribution in [0, 0.1) is 0 Å². The van der Waals surface area contributed by atoms with Crippen molar-refractivity contribution in [3.8, 4) is 0 Å². The first-order valence-electron chi connectivity index (χ1n) is 0. The molecule has 0 rings (SSSR count). The van der Waals surface area contributed by atoms with E-state index in [4.69, 9.17) is 0 Å². The van der Waals surface area contributed by atoms with E-state index < -0.39 is 0 Å². The maximum Gasteiger partial charge on any atom is 0 e. The van der Waals surface area contributed by atoms with Crippen LogP contribution in [0.3, 0.4) is 0 Å². The quantitative estimate of drug-likeness (QED) is 0.277. The molecule has 4 heavy (non-hydrogen) atoms. The zero-order valence-electron chi connectivity index (χ0n) is 2.21. The van der Waals surface area contributed by atoms with Crippen molar-refractivity contribution in [2.45, 2.75) is 0 Å². The molecule has 0 atom stereocenters. The van der Waals surface area contributed by atoms with E-state index in [1.54, 1.807) is 0 Å². The van der Waals surface area contributed by atoms with Crippen LogP contribution in [0.5, 0.6) is 0 Å². The SMILES string of the molecule is [Ca].[Pb].[Pb].[Pb]. The second kappa shape index (κ2) is 15.7. The molecule has 0 unspecified atom stereocenters. The molecule has 0 aromatic heterocycles. The summed E-state index contributed by atoms with van der Waals surface area (Å²) in [4.78, 5) is 0. The van der Waals surface area contributed by atoms with Crippen LogP contribution in [-0.2, 0) is 0 Å². The number of hydrogen-bond acceptors (Lipinski definition) is 0. The molecule has 14 valence electrons. The van der Waals surface area contributed by atoms with E-state index in [2.05, 4.69) is 0 Å². The van der Waals surface area contributed by atoms with Gasteiger partial charge in [0.1, 0.15) is 0 Å². The predicted octanol–water partition coefficient (Wildman–Crippen LogP) is -1.52. The van der Waals surface area contributed by atoms with Gasteiger partial charge in [-0.1, -0.05) is 0 Å². The van der Waals surface area contributed by atoms with Crippen molar-refractivity contribution in [3.63, 3.8) is 0 Å². The van der Waals surface area contributed by atoms with Crippen molar-refractivity contribution in [2.24, 2.45) is 0 Å². The third-order valence-corrected chi connectivity index (χ3v) is 0. The van der Waals surface area contributed by atoms with E-state index in [0.717, 1.165) is 0 Å². The van der Waals surface area contributed by atoms with Gasteiger partial charge in [-0.15, -0.1) is 0 Å². The van der Waals surface area contributed by atoms with Crippen LogP contribution in [0.1, 0.15) is 0 Å². The Morgan fingerprint density at radius 2 is 0.500 bits per heavy atom. The van der Waals surface area contributed by atoms with Crippen molar-refractivity contribution in [3.05, 3.63) is 0 Å². The summed E-state index contributed by atoms with van der Waals surface area (Å²) in [6.45, 7) is 0. The van der Waals surface area contributed by atoms with Crippen LogP contribution < -0.4 is 0 Å². The van der Waals surface area contributed by atoms with Crippen LogP contribution in [-0.4, -0.2) is 120 Å². The van der Waals surface area contributed by atoms with E-state index >= 15 is 0 Å². The Labute approximate surface area is 116 Å². The van der Waals surface area contributed by atoms with Gasteiger partial charge < -0.3 is 0 Å². The molecule has 0 heterocycles. The Kier molecular flexibility index (Phi) is 96.2. The van der Waals surface area contributed by atoms with Crippen molar-refractivity contribution in [1.82, 2.24) is 0 Å². The minimum atomic E-state index is 0. The van der Waals surface area contributed by atoms with Gasteiger partial charge in [0.15, 0.2) is 0 Å². The molecule has 0 N–H and O–H groups in total. The largest absolute Gasteiger partial charge is 0 e. The zero-order chi connectivity index (χ0) is 0. The monoisotopic (exact) mass is 664 g/mol. The fraction of sp³-hybridized carbons (Fsp3) is 0. The Hall–Kier alpha value is 4.03. The Morgan fingerprint density at radius 1 is 0.500 bits per heavy atom. The van der Waals surface area contributed by atoms with E-state index in [-0.39, 0.29) is 120 Å². The molecular formula is CaPb3. The van der Waals surface area contributed by atoms with Crippen LogP contribution >= 0.6 is 0 Å². The first-order valence-corrected chi connectivity index (χ1v) is 0. The summed E-state index contributed by atoms with van der Waals surface area (Å²) in [5.74, 6) is 0. The van der Waals surface area contributed by atoms with Crippen molar-refractivity contribution < 1.29 is 0 Å². The molecule has 0 aliphatic heterocycles. The Bertz CT molecular complexity index is 3.25. The molecule has 0 aliphatic rings. The second-order valence-corrected chi connectivity index (χ2v) is 0. The maximum absolute atomic E-state index is 0. The predicted molar refractivity (Wildman–Crippen MR) is 23.0 cm³/mol. The fourth-order valence-electron chi connectivity index (χ4n) is 0. The average molecular weight is 662 g/mol. The van der Waals surface area contributed by atoms with Crippen LogP contribution in [0.25, 0.3) is 0 Å². The maximum atomic E-state index is 0. The zero-order valence-corrected chi connectivity index (χ0v) is 16.1. The van der Waals surface area contributed by atoms with E-state index in [1.165, 1.54) is 0 Å². The standard InChI is InChI=1S/Ca.3Pb. The third kappa shape index (κ3) is 9.39. The molecule has 0 bridgehead atoms. The molecule has 14 radical (unpaired) electrons. The van der Waals surface area contributed by atoms with Crippen molar-refractivity contribution in [2.75, 3.05) is 0 Å². The smallest absolute Gasteiger partial charge is 0 e. The van der Waals surface area contributed by atoms with Gasteiger partial charge in [-0.05, 0) is 0 Å². The molecule has 0 aromatic rings. The minimum absolute atomic E-state index is 0. The Balaban J connectivity index is 0. The first-order chi connectivity index (χ1) is 0. The van der Waals surface area contributed by atoms with Crippen molar-refractivity contribution in [1.29, 1.82) is 0 Å². The van der Waals surface area contributed by atoms with Gasteiger partial charge in [0.2, 0.25) is 0 Å². The molecule has 0 aliphatic carbocycles. The summed E-state index contributed by atoms with van der Waals surface area (Å²) in [6.07, 6.45) is 0. The molecule has 0 aromatic carbocycles. The molecule has 0 saturated carbocycles. The second-order valence-electron chi connectivity index (χ2n) is 0. The first kappa shape index (κ1) is 24.4. The minimum Gasteiger partial charge on any atom is 0 e. The molecule has 0 spiro atoms. The number of hydrogen-bond donors (Lipinski definition) is 0. The van der Waals surface area contributed by atoms with Gasteiger partial charge in [0.05, 0.1) is 0 Å². The fourth-order valence-corrected chi connectivity index (χ4v) is 0. The van der Waals surface area contributed by atoms with Crippen molar-refractivity contribution >= 4 is 120 Å². The van der Waals surface area contributed by atoms with Gasteiger partial charge in [-0.25, -0.2) is 0 Å². The van der Waals surface area contributed by atoms with Gasteiger partial charge in [0.25, 0.3) is 0 Å². The van der Waals surface area contributed by atoms with Crippen LogP contribution in [0.2, 0.25) is 0 Å². The van der Waals surface area contributed by atoms with Gasteiger partial charge in [-0.3, -0.25) is 0 Å². The third-order valence-electron chi connectivity index (χ3n) is 0. The van der Waals surface area contributed by atoms with Gasteiger partial charge in [0, 0.05) is 120 Å². The van der Waals surface area contributed by atoms with Gasteiger partial charge >= 0.3 is 0 Å². The van der Waals surface area contributed by atoms with E-state index in [1.807, 2.05) is 0 Å². The summed E-state index contributed by atoms with van der Waals surface area (Å²) in [6, 6.07) is 0. The van der Waals surface area contributed by atoms with Gasteiger partial charge in [-0.2, -0.15) is 0 Å². The summed E-state index contributed by atoms with van der Waals surface area (Å²) in [7, 11) is 0. The van der Waals surface area contributed by atoms with Crippen LogP contribution in [0.15, 0.2) is 0 Å². The average Bonchev–Trinajstić information content (AvgIpc) is 0.